The number of nitrogens with zero attached hydrogens (tertiary/aromatic N) is 1. The van der Waals surface area contributed by atoms with Crippen LogP contribution in [0.1, 0.15) is 11.1 Å². The van der Waals surface area contributed by atoms with Crippen LogP contribution in [0, 0.1) is 6.92 Å². The van der Waals surface area contributed by atoms with Crippen LogP contribution in [-0.4, -0.2) is 23.9 Å². The second-order valence-electron chi connectivity index (χ2n) is 4.47. The molecule has 2 aromatic carbocycles. The van der Waals surface area contributed by atoms with Crippen LogP contribution < -0.4 is 4.74 Å². The number of aliphatic carboxylic acids is 1. The summed E-state index contributed by atoms with van der Waals surface area (Å²) in [5, 5.41) is 8.92. The molecule has 0 radical (unpaired) electrons. The van der Waals surface area contributed by atoms with Gasteiger partial charge < -0.3 is 9.84 Å². The van der Waals surface area contributed by atoms with Gasteiger partial charge in [0.05, 0.1) is 10.7 Å². The molecule has 0 amide bonds. The molecular weight excluding hydrogens is 290 g/mol. The summed E-state index contributed by atoms with van der Waals surface area (Å²) < 4.78 is 5.06. The summed E-state index contributed by atoms with van der Waals surface area (Å²) in [5.41, 5.74) is 2.81. The molecule has 0 unspecified atom stereocenters. The quantitative estimate of drug-likeness (QED) is 0.853. The second-order valence-corrected chi connectivity index (χ2v) is 4.88. The molecule has 0 aliphatic rings. The topological polar surface area (TPSA) is 58.9 Å². The molecule has 108 valence electrons. The zero-order chi connectivity index (χ0) is 15.2. The first-order valence-electron chi connectivity index (χ1n) is 6.29. The number of aryl methyl sites for hydroxylation is 1. The summed E-state index contributed by atoms with van der Waals surface area (Å²) >= 11 is 6.04. The number of benzene rings is 2. The third-order valence-corrected chi connectivity index (χ3v) is 2.97. The van der Waals surface area contributed by atoms with Crippen LogP contribution in [0.5, 0.6) is 5.75 Å². The summed E-state index contributed by atoms with van der Waals surface area (Å²) in [5.74, 6) is -0.706. The van der Waals surface area contributed by atoms with Gasteiger partial charge >= 0.3 is 5.97 Å². The van der Waals surface area contributed by atoms with E-state index in [0.717, 1.165) is 16.8 Å². The van der Waals surface area contributed by atoms with Gasteiger partial charge in [-0.15, -0.1) is 0 Å². The molecule has 0 atom stereocenters. The Bertz CT molecular complexity index is 683. The first-order valence-corrected chi connectivity index (χ1v) is 6.67. The molecule has 4 nitrogen and oxygen atoms in total. The van der Waals surface area contributed by atoms with Gasteiger partial charge in [0.1, 0.15) is 5.75 Å². The van der Waals surface area contributed by atoms with Gasteiger partial charge in [-0.1, -0.05) is 23.7 Å². The lowest BCUT2D eigenvalue weighted by molar-refractivity contribution is -0.139. The average Bonchev–Trinajstić information content (AvgIpc) is 2.44. The molecule has 0 heterocycles. The van der Waals surface area contributed by atoms with E-state index in [1.54, 1.807) is 24.4 Å². The van der Waals surface area contributed by atoms with E-state index in [4.69, 9.17) is 21.4 Å². The third-order valence-electron chi connectivity index (χ3n) is 2.67. The smallest absolute Gasteiger partial charge is 0.341 e. The molecule has 21 heavy (non-hydrogen) atoms. The predicted octanol–water partition coefficient (Wildman–Crippen LogP) is 3.86. The van der Waals surface area contributed by atoms with E-state index in [1.807, 2.05) is 31.2 Å². The van der Waals surface area contributed by atoms with E-state index in [1.165, 1.54) is 0 Å². The van der Waals surface area contributed by atoms with E-state index in [2.05, 4.69) is 4.99 Å². The van der Waals surface area contributed by atoms with E-state index >= 15 is 0 Å². The number of carboxylic acid groups (broad SMARTS) is 1. The standard InChI is InChI=1S/C16H14ClNO3/c1-11-3-2-4-13(7-11)18-9-12-5-6-15(14(17)8-12)21-10-16(19)20/h2-9H,10H2,1H3,(H,19,20). The van der Waals surface area contributed by atoms with Crippen molar-refractivity contribution in [2.24, 2.45) is 4.99 Å². The van der Waals surface area contributed by atoms with E-state index in [-0.39, 0.29) is 0 Å². The van der Waals surface area contributed by atoms with Crippen LogP contribution >= 0.6 is 11.6 Å². The number of rotatable bonds is 5. The molecule has 2 rings (SSSR count). The van der Waals surface area contributed by atoms with Gasteiger partial charge in [-0.25, -0.2) is 4.79 Å². The molecule has 2 aromatic rings. The fourth-order valence-corrected chi connectivity index (χ4v) is 1.95. The first kappa shape index (κ1) is 15.1. The van der Waals surface area contributed by atoms with Crippen molar-refractivity contribution in [2.45, 2.75) is 6.92 Å². The maximum absolute atomic E-state index is 10.4. The van der Waals surface area contributed by atoms with Crippen molar-refractivity contribution >= 4 is 29.5 Å². The minimum absolute atomic E-state index is 0.340. The minimum Gasteiger partial charge on any atom is -0.480 e. The Morgan fingerprint density at radius 3 is 2.81 bits per heavy atom. The fraction of sp³-hybridized carbons (Fsp3) is 0.125. The van der Waals surface area contributed by atoms with Gasteiger partial charge in [-0.2, -0.15) is 0 Å². The van der Waals surface area contributed by atoms with E-state index in [0.29, 0.717) is 10.8 Å². The number of carbonyl (C=O) groups is 1. The lowest BCUT2D eigenvalue weighted by Gasteiger charge is -2.05. The number of hydrogen-bond donors (Lipinski definition) is 1. The van der Waals surface area contributed by atoms with Crippen LogP contribution in [0.25, 0.3) is 0 Å². The Hall–Kier alpha value is -2.33. The van der Waals surface area contributed by atoms with Crippen LogP contribution in [0.15, 0.2) is 47.5 Å². The number of hydrogen-bond acceptors (Lipinski definition) is 3. The SMILES string of the molecule is Cc1cccc(N=Cc2ccc(OCC(=O)O)c(Cl)c2)c1. The van der Waals surface area contributed by atoms with Crippen molar-refractivity contribution < 1.29 is 14.6 Å². The van der Waals surface area contributed by atoms with Crippen molar-refractivity contribution in [3.8, 4) is 5.75 Å². The van der Waals surface area contributed by atoms with Crippen molar-refractivity contribution in [1.29, 1.82) is 0 Å². The molecular formula is C16H14ClNO3. The minimum atomic E-state index is -1.05. The Kier molecular flexibility index (Phi) is 4.95. The Balaban J connectivity index is 2.11. The van der Waals surface area contributed by atoms with Gasteiger partial charge in [-0.05, 0) is 48.4 Å². The van der Waals surface area contributed by atoms with Crippen molar-refractivity contribution in [2.75, 3.05) is 6.61 Å². The van der Waals surface area contributed by atoms with Crippen LogP contribution in [0.2, 0.25) is 5.02 Å². The molecule has 0 bridgehead atoms. The zero-order valence-corrected chi connectivity index (χ0v) is 12.2. The Morgan fingerprint density at radius 1 is 1.33 bits per heavy atom. The van der Waals surface area contributed by atoms with Crippen LogP contribution in [-0.2, 0) is 4.79 Å². The van der Waals surface area contributed by atoms with E-state index in [9.17, 15) is 4.79 Å². The highest BCUT2D eigenvalue weighted by atomic mass is 35.5. The molecule has 0 saturated carbocycles. The van der Waals surface area contributed by atoms with Crippen molar-refractivity contribution in [3.05, 3.63) is 58.6 Å². The summed E-state index contributed by atoms with van der Waals surface area (Å²) in [6, 6.07) is 12.9. The average molecular weight is 304 g/mol. The van der Waals surface area contributed by atoms with Crippen LogP contribution in [0.3, 0.4) is 0 Å². The summed E-state index contributed by atoms with van der Waals surface area (Å²) in [7, 11) is 0. The van der Waals surface area contributed by atoms with Crippen LogP contribution in [0.4, 0.5) is 5.69 Å². The predicted molar refractivity (Wildman–Crippen MR) is 83.0 cm³/mol. The van der Waals surface area contributed by atoms with Gasteiger partial charge in [-0.3, -0.25) is 4.99 Å². The van der Waals surface area contributed by atoms with Gasteiger partial charge in [0.15, 0.2) is 6.61 Å². The zero-order valence-electron chi connectivity index (χ0n) is 11.4. The molecule has 0 spiro atoms. The molecule has 1 N–H and O–H groups in total. The maximum Gasteiger partial charge on any atom is 0.341 e. The normalized spacial score (nSPS) is 10.8. The summed E-state index contributed by atoms with van der Waals surface area (Å²) in [6.45, 7) is 1.58. The molecule has 5 heteroatoms. The summed E-state index contributed by atoms with van der Waals surface area (Å²) in [6.07, 6.45) is 1.70. The molecule has 0 aliphatic heterocycles. The highest BCUT2D eigenvalue weighted by molar-refractivity contribution is 6.32. The second kappa shape index (κ2) is 6.90. The van der Waals surface area contributed by atoms with Gasteiger partial charge in [0, 0.05) is 6.21 Å². The summed E-state index contributed by atoms with van der Waals surface area (Å²) in [4.78, 5) is 14.8. The Morgan fingerprint density at radius 2 is 2.14 bits per heavy atom. The third kappa shape index (κ3) is 4.61. The van der Waals surface area contributed by atoms with Gasteiger partial charge in [0.2, 0.25) is 0 Å². The molecule has 0 saturated heterocycles. The maximum atomic E-state index is 10.4. The highest BCUT2D eigenvalue weighted by Crippen LogP contribution is 2.25. The molecule has 0 aliphatic carbocycles. The number of ether oxygens (including phenoxy) is 1. The van der Waals surface area contributed by atoms with Crippen molar-refractivity contribution in [1.82, 2.24) is 0 Å². The highest BCUT2D eigenvalue weighted by Gasteiger charge is 2.04. The molecule has 0 aromatic heterocycles. The van der Waals surface area contributed by atoms with Gasteiger partial charge in [0.25, 0.3) is 0 Å². The monoisotopic (exact) mass is 303 g/mol. The lowest BCUT2D eigenvalue weighted by Crippen LogP contribution is -2.09. The fourth-order valence-electron chi connectivity index (χ4n) is 1.71. The largest absolute Gasteiger partial charge is 0.480 e. The van der Waals surface area contributed by atoms with Crippen molar-refractivity contribution in [3.63, 3.8) is 0 Å². The lowest BCUT2D eigenvalue weighted by atomic mass is 10.2. The van der Waals surface area contributed by atoms with E-state index < -0.39 is 12.6 Å². The first-order chi connectivity index (χ1) is 10.0. The molecule has 0 fully saturated rings. The number of aliphatic imine (C=N–C) groups is 1. The Labute approximate surface area is 127 Å². The number of carboxylic acids is 1. The number of halogens is 1.